The van der Waals surface area contributed by atoms with E-state index >= 15 is 0 Å². The van der Waals surface area contributed by atoms with Gasteiger partial charge < -0.3 is 5.32 Å². The Morgan fingerprint density at radius 3 is 2.29 bits per heavy atom. The van der Waals surface area contributed by atoms with E-state index in [0.717, 1.165) is 18.5 Å². The Hall–Kier alpha value is -2.20. The van der Waals surface area contributed by atoms with Gasteiger partial charge in [-0.15, -0.1) is 0 Å². The van der Waals surface area contributed by atoms with Gasteiger partial charge >= 0.3 is 0 Å². The summed E-state index contributed by atoms with van der Waals surface area (Å²) in [6, 6.07) is 15.5. The zero-order chi connectivity index (χ0) is 15.2. The van der Waals surface area contributed by atoms with Gasteiger partial charge in [-0.25, -0.2) is 0 Å². The van der Waals surface area contributed by atoms with Crippen LogP contribution >= 0.6 is 0 Å². The van der Waals surface area contributed by atoms with Gasteiger partial charge in [-0.05, 0) is 37.9 Å². The molecule has 21 heavy (non-hydrogen) atoms. The second-order valence-corrected chi connectivity index (χ2v) is 5.26. The Kier molecular flexibility index (Phi) is 5.06. The van der Waals surface area contributed by atoms with E-state index in [1.807, 2.05) is 12.1 Å². The third-order valence-corrected chi connectivity index (χ3v) is 3.59. The summed E-state index contributed by atoms with van der Waals surface area (Å²) in [5.74, 6) is 0. The zero-order valence-electron chi connectivity index (χ0n) is 12.4. The van der Waals surface area contributed by atoms with Crippen LogP contribution in [0, 0.1) is 17.0 Å². The van der Waals surface area contributed by atoms with Gasteiger partial charge in [0.1, 0.15) is 0 Å². The van der Waals surface area contributed by atoms with Crippen LogP contribution in [0.2, 0.25) is 0 Å². The molecule has 0 aromatic heterocycles. The van der Waals surface area contributed by atoms with Crippen LogP contribution in [0.4, 0.5) is 5.69 Å². The first-order chi connectivity index (χ1) is 10.1. The molecule has 0 fully saturated rings. The van der Waals surface area contributed by atoms with Crippen molar-refractivity contribution in [1.82, 2.24) is 5.32 Å². The minimum absolute atomic E-state index is 0.139. The summed E-state index contributed by atoms with van der Waals surface area (Å²) in [4.78, 5) is 10.2. The number of hydrogen-bond donors (Lipinski definition) is 1. The molecule has 0 aliphatic heterocycles. The molecule has 0 aliphatic carbocycles. The second kappa shape index (κ2) is 6.99. The molecule has 110 valence electrons. The zero-order valence-corrected chi connectivity index (χ0v) is 12.4. The SMILES string of the molecule is Cc1ccc([C@@H](C)NCCc2ccc([N+](=O)[O-])cc2)cc1. The number of nitro benzene ring substituents is 1. The molecule has 2 aromatic rings. The Bertz CT molecular complexity index is 591. The minimum atomic E-state index is -0.374. The number of aryl methyl sites for hydroxylation is 1. The average Bonchev–Trinajstić information content (AvgIpc) is 2.48. The third-order valence-electron chi connectivity index (χ3n) is 3.59. The molecule has 0 bridgehead atoms. The van der Waals surface area contributed by atoms with Crippen LogP contribution in [-0.4, -0.2) is 11.5 Å². The van der Waals surface area contributed by atoms with Gasteiger partial charge in [0, 0.05) is 18.2 Å². The Morgan fingerprint density at radius 2 is 1.71 bits per heavy atom. The summed E-state index contributed by atoms with van der Waals surface area (Å²) in [5.41, 5.74) is 3.77. The van der Waals surface area contributed by atoms with Crippen molar-refractivity contribution in [3.05, 3.63) is 75.3 Å². The Labute approximate surface area is 125 Å². The van der Waals surface area contributed by atoms with Crippen LogP contribution in [0.15, 0.2) is 48.5 Å². The summed E-state index contributed by atoms with van der Waals surface area (Å²) >= 11 is 0. The summed E-state index contributed by atoms with van der Waals surface area (Å²) in [7, 11) is 0. The highest BCUT2D eigenvalue weighted by Gasteiger charge is 2.06. The van der Waals surface area contributed by atoms with Crippen LogP contribution < -0.4 is 5.32 Å². The molecule has 2 rings (SSSR count). The van der Waals surface area contributed by atoms with Crippen LogP contribution in [-0.2, 0) is 6.42 Å². The van der Waals surface area contributed by atoms with Crippen LogP contribution in [0.25, 0.3) is 0 Å². The standard InChI is InChI=1S/C17H20N2O2/c1-13-3-7-16(8-4-13)14(2)18-12-11-15-5-9-17(10-6-15)19(20)21/h3-10,14,18H,11-12H2,1-2H3/t14-/m1/s1. The fraction of sp³-hybridized carbons (Fsp3) is 0.294. The number of non-ortho nitro benzene ring substituents is 1. The largest absolute Gasteiger partial charge is 0.310 e. The topological polar surface area (TPSA) is 55.2 Å². The number of rotatable bonds is 6. The van der Waals surface area contributed by atoms with Gasteiger partial charge in [0.15, 0.2) is 0 Å². The average molecular weight is 284 g/mol. The fourth-order valence-electron chi connectivity index (χ4n) is 2.19. The van der Waals surface area contributed by atoms with E-state index in [0.29, 0.717) is 6.04 Å². The molecule has 0 aliphatic rings. The fourth-order valence-corrected chi connectivity index (χ4v) is 2.19. The number of nitrogens with one attached hydrogen (secondary N) is 1. The van der Waals surface area contributed by atoms with Gasteiger partial charge in [-0.1, -0.05) is 42.0 Å². The molecule has 2 aromatic carbocycles. The molecule has 0 heterocycles. The maximum Gasteiger partial charge on any atom is 0.269 e. The van der Waals surface area contributed by atoms with E-state index in [9.17, 15) is 10.1 Å². The number of hydrogen-bond acceptors (Lipinski definition) is 3. The van der Waals surface area contributed by atoms with Gasteiger partial charge in [-0.3, -0.25) is 10.1 Å². The first kappa shape index (κ1) is 15.2. The van der Waals surface area contributed by atoms with E-state index in [1.165, 1.54) is 11.1 Å². The predicted octanol–water partition coefficient (Wildman–Crippen LogP) is 3.80. The molecular weight excluding hydrogens is 264 g/mol. The van der Waals surface area contributed by atoms with Crippen molar-refractivity contribution in [2.75, 3.05) is 6.54 Å². The third kappa shape index (κ3) is 4.39. The lowest BCUT2D eigenvalue weighted by Gasteiger charge is -2.14. The number of nitro groups is 1. The highest BCUT2D eigenvalue weighted by Crippen LogP contribution is 2.14. The van der Waals surface area contributed by atoms with E-state index in [2.05, 4.69) is 43.4 Å². The van der Waals surface area contributed by atoms with Crippen molar-refractivity contribution in [2.24, 2.45) is 0 Å². The summed E-state index contributed by atoms with van der Waals surface area (Å²) in [6.07, 6.45) is 0.855. The Morgan fingerprint density at radius 1 is 1.10 bits per heavy atom. The first-order valence-corrected chi connectivity index (χ1v) is 7.09. The van der Waals surface area contributed by atoms with Gasteiger partial charge in [0.25, 0.3) is 5.69 Å². The van der Waals surface area contributed by atoms with Gasteiger partial charge in [0.2, 0.25) is 0 Å². The van der Waals surface area contributed by atoms with Gasteiger partial charge in [-0.2, -0.15) is 0 Å². The van der Waals surface area contributed by atoms with Crippen molar-refractivity contribution in [3.63, 3.8) is 0 Å². The maximum absolute atomic E-state index is 10.6. The normalized spacial score (nSPS) is 12.1. The lowest BCUT2D eigenvalue weighted by atomic mass is 10.1. The maximum atomic E-state index is 10.6. The summed E-state index contributed by atoms with van der Waals surface area (Å²) in [5, 5.41) is 14.1. The van der Waals surface area contributed by atoms with Crippen molar-refractivity contribution in [3.8, 4) is 0 Å². The highest BCUT2D eigenvalue weighted by atomic mass is 16.6. The van der Waals surface area contributed by atoms with Crippen LogP contribution in [0.1, 0.15) is 29.7 Å². The van der Waals surface area contributed by atoms with E-state index < -0.39 is 0 Å². The van der Waals surface area contributed by atoms with E-state index in [-0.39, 0.29) is 10.6 Å². The molecule has 0 radical (unpaired) electrons. The monoisotopic (exact) mass is 284 g/mol. The summed E-state index contributed by atoms with van der Waals surface area (Å²) in [6.45, 7) is 5.06. The quantitative estimate of drug-likeness (QED) is 0.648. The second-order valence-electron chi connectivity index (χ2n) is 5.26. The van der Waals surface area contributed by atoms with E-state index in [4.69, 9.17) is 0 Å². The first-order valence-electron chi connectivity index (χ1n) is 7.09. The van der Waals surface area contributed by atoms with Crippen molar-refractivity contribution >= 4 is 5.69 Å². The van der Waals surface area contributed by atoms with Crippen LogP contribution in [0.5, 0.6) is 0 Å². The van der Waals surface area contributed by atoms with E-state index in [1.54, 1.807) is 12.1 Å². The lowest BCUT2D eigenvalue weighted by molar-refractivity contribution is -0.384. The molecule has 1 atom stereocenters. The molecule has 0 spiro atoms. The smallest absolute Gasteiger partial charge is 0.269 e. The number of nitrogens with zero attached hydrogens (tertiary/aromatic N) is 1. The molecular formula is C17H20N2O2. The van der Waals surface area contributed by atoms with Crippen LogP contribution in [0.3, 0.4) is 0 Å². The van der Waals surface area contributed by atoms with Crippen molar-refractivity contribution in [1.29, 1.82) is 0 Å². The molecule has 0 saturated heterocycles. The molecule has 0 saturated carbocycles. The molecule has 4 nitrogen and oxygen atoms in total. The Balaban J connectivity index is 1.83. The van der Waals surface area contributed by atoms with Gasteiger partial charge in [0.05, 0.1) is 4.92 Å². The van der Waals surface area contributed by atoms with Crippen molar-refractivity contribution in [2.45, 2.75) is 26.3 Å². The summed E-state index contributed by atoms with van der Waals surface area (Å²) < 4.78 is 0. The minimum Gasteiger partial charge on any atom is -0.310 e. The lowest BCUT2D eigenvalue weighted by Crippen LogP contribution is -2.21. The van der Waals surface area contributed by atoms with Crippen molar-refractivity contribution < 1.29 is 4.92 Å². The predicted molar refractivity (Wildman–Crippen MR) is 84.4 cm³/mol. The number of benzene rings is 2. The molecule has 0 amide bonds. The molecule has 0 unspecified atom stereocenters. The molecule has 1 N–H and O–H groups in total. The molecule has 4 heteroatoms. The highest BCUT2D eigenvalue weighted by molar-refractivity contribution is 5.33.